The summed E-state index contributed by atoms with van der Waals surface area (Å²) in [5.41, 5.74) is 0. The molecule has 0 bridgehead atoms. The molecule has 8 nitrogen and oxygen atoms in total. The number of allylic oxidation sites excluding steroid dienone is 3. The monoisotopic (exact) mass is 558 g/mol. The standard InChI is InChI=1S/C16H31NO3.C14H27NO3.CH4/c1-2-3-4-5-6-7-8-11-16(20)17(13-15-19)12-9-10-14-18;1-2-3-4-5-6-7-8-9-14(18)15(10-12-16)11-13-17;/h3-4,18-19H,2,5-15H2,1H3;2,16-17H,1,3-13H2;1H4/b4-3+;;. The van der Waals surface area contributed by atoms with E-state index in [2.05, 4.69) is 25.7 Å². The third-order valence-corrected chi connectivity index (χ3v) is 6.11. The minimum atomic E-state index is -0.0483. The first kappa shape index (κ1) is 41.7. The van der Waals surface area contributed by atoms with E-state index in [-0.39, 0.29) is 45.7 Å². The Bertz CT molecular complexity index is 565. The van der Waals surface area contributed by atoms with E-state index in [0.29, 0.717) is 45.4 Å². The van der Waals surface area contributed by atoms with E-state index in [0.717, 1.165) is 64.2 Å². The van der Waals surface area contributed by atoms with Gasteiger partial charge in [0.15, 0.2) is 0 Å². The van der Waals surface area contributed by atoms with Crippen LogP contribution in [0, 0.1) is 0 Å². The third kappa shape index (κ3) is 29.1. The Hall–Kier alpha value is -1.74. The lowest BCUT2D eigenvalue weighted by molar-refractivity contribution is -0.132. The molecule has 0 saturated heterocycles. The molecule has 8 heteroatoms. The zero-order valence-corrected chi connectivity index (χ0v) is 24.2. The van der Waals surface area contributed by atoms with Crippen molar-refractivity contribution in [2.75, 3.05) is 52.6 Å². The van der Waals surface area contributed by atoms with Crippen molar-refractivity contribution in [3.8, 4) is 0 Å². The molecule has 0 aliphatic heterocycles. The SMILES string of the molecule is C.C=CCCCCCCCC(=O)N(CCO)CCO.CC/C=C/CCCCCC(=O)N(CCO)CCCCO. The van der Waals surface area contributed by atoms with Gasteiger partial charge in [-0.15, -0.1) is 6.58 Å². The Morgan fingerprint density at radius 2 is 1.05 bits per heavy atom. The highest BCUT2D eigenvalue weighted by Crippen LogP contribution is 2.09. The summed E-state index contributed by atoms with van der Waals surface area (Å²) in [6, 6.07) is 0. The fourth-order valence-electron chi connectivity index (χ4n) is 3.91. The van der Waals surface area contributed by atoms with Crippen molar-refractivity contribution in [2.45, 2.75) is 111 Å². The van der Waals surface area contributed by atoms with Gasteiger partial charge in [-0.05, 0) is 57.8 Å². The molecule has 0 aromatic heterocycles. The highest BCUT2D eigenvalue weighted by Gasteiger charge is 2.12. The van der Waals surface area contributed by atoms with E-state index in [4.69, 9.17) is 20.4 Å². The van der Waals surface area contributed by atoms with Gasteiger partial charge in [0.1, 0.15) is 0 Å². The summed E-state index contributed by atoms with van der Waals surface area (Å²) in [5.74, 6) is 0.158. The summed E-state index contributed by atoms with van der Waals surface area (Å²) in [6.07, 6.45) is 20.8. The molecule has 39 heavy (non-hydrogen) atoms. The van der Waals surface area contributed by atoms with Crippen LogP contribution in [0.4, 0.5) is 0 Å². The van der Waals surface area contributed by atoms with Gasteiger partial charge in [-0.25, -0.2) is 0 Å². The van der Waals surface area contributed by atoms with Gasteiger partial charge >= 0.3 is 0 Å². The van der Waals surface area contributed by atoms with Crippen molar-refractivity contribution >= 4 is 11.8 Å². The normalized spacial score (nSPS) is 10.5. The summed E-state index contributed by atoms with van der Waals surface area (Å²) in [7, 11) is 0. The van der Waals surface area contributed by atoms with E-state index in [1.54, 1.807) is 4.90 Å². The number of hydrogen-bond acceptors (Lipinski definition) is 6. The number of amides is 2. The number of aliphatic hydroxyl groups is 4. The van der Waals surface area contributed by atoms with Crippen LogP contribution in [0.3, 0.4) is 0 Å². The predicted molar refractivity (Wildman–Crippen MR) is 163 cm³/mol. The van der Waals surface area contributed by atoms with Crippen molar-refractivity contribution in [2.24, 2.45) is 0 Å². The average molecular weight is 559 g/mol. The van der Waals surface area contributed by atoms with Gasteiger partial charge in [0.05, 0.1) is 19.8 Å². The van der Waals surface area contributed by atoms with Crippen molar-refractivity contribution in [3.05, 3.63) is 24.8 Å². The van der Waals surface area contributed by atoms with Gasteiger partial charge in [0, 0.05) is 45.6 Å². The molecule has 232 valence electrons. The molecule has 0 aromatic carbocycles. The molecule has 4 N–H and O–H groups in total. The highest BCUT2D eigenvalue weighted by molar-refractivity contribution is 5.76. The first-order chi connectivity index (χ1) is 18.5. The molecular formula is C31H62N2O6. The minimum Gasteiger partial charge on any atom is -0.396 e. The molecule has 0 aromatic rings. The van der Waals surface area contributed by atoms with Crippen LogP contribution < -0.4 is 0 Å². The summed E-state index contributed by atoms with van der Waals surface area (Å²) in [4.78, 5) is 27.0. The third-order valence-electron chi connectivity index (χ3n) is 6.11. The smallest absolute Gasteiger partial charge is 0.222 e. The van der Waals surface area contributed by atoms with E-state index in [1.165, 1.54) is 17.7 Å². The molecule has 0 spiro atoms. The van der Waals surface area contributed by atoms with Crippen molar-refractivity contribution < 1.29 is 30.0 Å². The molecule has 0 saturated carbocycles. The van der Waals surface area contributed by atoms with Crippen molar-refractivity contribution in [1.29, 1.82) is 0 Å². The largest absolute Gasteiger partial charge is 0.396 e. The second-order valence-electron chi connectivity index (χ2n) is 9.44. The first-order valence-corrected chi connectivity index (χ1v) is 14.8. The molecule has 0 rings (SSSR count). The average Bonchev–Trinajstić information content (AvgIpc) is 2.91. The van der Waals surface area contributed by atoms with Crippen LogP contribution in [-0.2, 0) is 9.59 Å². The van der Waals surface area contributed by atoms with Gasteiger partial charge < -0.3 is 30.2 Å². The molecule has 0 fully saturated rings. The predicted octanol–water partition coefficient (Wildman–Crippen LogP) is 4.85. The van der Waals surface area contributed by atoms with Crippen LogP contribution in [0.15, 0.2) is 24.8 Å². The maximum atomic E-state index is 12.0. The topological polar surface area (TPSA) is 122 Å². The van der Waals surface area contributed by atoms with E-state index >= 15 is 0 Å². The molecule has 0 radical (unpaired) electrons. The van der Waals surface area contributed by atoms with Crippen LogP contribution >= 0.6 is 0 Å². The lowest BCUT2D eigenvalue weighted by Gasteiger charge is -2.21. The molecule has 0 aliphatic carbocycles. The second-order valence-corrected chi connectivity index (χ2v) is 9.44. The van der Waals surface area contributed by atoms with E-state index < -0.39 is 0 Å². The summed E-state index contributed by atoms with van der Waals surface area (Å²) in [6.45, 7) is 7.56. The zero-order valence-electron chi connectivity index (χ0n) is 24.2. The summed E-state index contributed by atoms with van der Waals surface area (Å²) < 4.78 is 0. The Morgan fingerprint density at radius 1 is 0.590 bits per heavy atom. The molecular weight excluding hydrogens is 496 g/mol. The van der Waals surface area contributed by atoms with Crippen LogP contribution in [0.25, 0.3) is 0 Å². The first-order valence-electron chi connectivity index (χ1n) is 14.8. The van der Waals surface area contributed by atoms with Gasteiger partial charge in [-0.1, -0.05) is 58.3 Å². The molecule has 0 unspecified atom stereocenters. The lowest BCUT2D eigenvalue weighted by Crippen LogP contribution is -2.35. The lowest BCUT2D eigenvalue weighted by atomic mass is 10.1. The number of carbonyl (C=O) groups is 2. The van der Waals surface area contributed by atoms with Crippen LogP contribution in [-0.4, -0.2) is 94.6 Å². The number of rotatable bonds is 25. The zero-order chi connectivity index (χ0) is 28.7. The minimum absolute atomic E-state index is 0. The maximum Gasteiger partial charge on any atom is 0.222 e. The number of nitrogens with zero attached hydrogens (tertiary/aromatic N) is 2. The molecule has 0 heterocycles. The fraction of sp³-hybridized carbons (Fsp3) is 0.806. The molecule has 2 amide bonds. The summed E-state index contributed by atoms with van der Waals surface area (Å²) in [5, 5.41) is 35.4. The Morgan fingerprint density at radius 3 is 1.54 bits per heavy atom. The molecule has 0 atom stereocenters. The number of aliphatic hydroxyl groups excluding tert-OH is 4. The number of hydrogen-bond donors (Lipinski definition) is 4. The number of unbranched alkanes of at least 4 members (excludes halogenated alkanes) is 9. The van der Waals surface area contributed by atoms with Gasteiger partial charge in [-0.2, -0.15) is 0 Å². The molecule has 0 aliphatic rings. The fourth-order valence-corrected chi connectivity index (χ4v) is 3.91. The van der Waals surface area contributed by atoms with Crippen LogP contribution in [0.1, 0.15) is 111 Å². The summed E-state index contributed by atoms with van der Waals surface area (Å²) >= 11 is 0. The highest BCUT2D eigenvalue weighted by atomic mass is 16.3. The Balaban J connectivity index is -0.000000651. The van der Waals surface area contributed by atoms with Crippen molar-refractivity contribution in [1.82, 2.24) is 9.80 Å². The van der Waals surface area contributed by atoms with Gasteiger partial charge in [0.2, 0.25) is 11.8 Å². The quantitative estimate of drug-likeness (QED) is 0.0939. The van der Waals surface area contributed by atoms with Crippen LogP contribution in [0.5, 0.6) is 0 Å². The van der Waals surface area contributed by atoms with E-state index in [1.807, 2.05) is 6.08 Å². The Kier molecular flexibility index (Phi) is 36.7. The van der Waals surface area contributed by atoms with Crippen LogP contribution in [0.2, 0.25) is 0 Å². The van der Waals surface area contributed by atoms with Gasteiger partial charge in [-0.3, -0.25) is 9.59 Å². The van der Waals surface area contributed by atoms with Crippen molar-refractivity contribution in [3.63, 3.8) is 0 Å². The van der Waals surface area contributed by atoms with E-state index in [9.17, 15) is 9.59 Å². The second kappa shape index (κ2) is 34.3. The Labute approximate surface area is 239 Å². The maximum absolute atomic E-state index is 12.0. The number of carbonyl (C=O) groups excluding carboxylic acids is 2. The van der Waals surface area contributed by atoms with Gasteiger partial charge in [0.25, 0.3) is 0 Å².